The number of carbonyl (C=O) groups is 1. The lowest BCUT2D eigenvalue weighted by atomic mass is 9.97. The Hall–Kier alpha value is -3.87. The lowest BCUT2D eigenvalue weighted by molar-refractivity contribution is -0.359. The molecule has 1 amide bonds. The Morgan fingerprint density at radius 3 is 1.16 bits per heavy atom. The highest BCUT2D eigenvalue weighted by Crippen LogP contribution is 2.30. The Morgan fingerprint density at radius 2 is 0.737 bits per heavy atom. The fraction of sp³-hybridized carbons (Fsp3) is 0.716. The van der Waals surface area contributed by atoms with Crippen molar-refractivity contribution in [2.45, 2.75) is 351 Å². The molecule has 14 heteroatoms. The molecule has 0 bridgehead atoms. The molecular weight excluding hydrogens is 1190 g/mol. The first-order valence-electron chi connectivity index (χ1n) is 37.9. The second-order valence-corrected chi connectivity index (χ2v) is 26.0. The van der Waals surface area contributed by atoms with Crippen molar-refractivity contribution in [3.8, 4) is 0 Å². The van der Waals surface area contributed by atoms with Crippen LogP contribution in [0.4, 0.5) is 0 Å². The minimum absolute atomic E-state index is 0.255. The van der Waals surface area contributed by atoms with Crippen LogP contribution in [0.1, 0.15) is 277 Å². The molecule has 544 valence electrons. The normalized spacial score (nSPS) is 23.1. The molecule has 2 fully saturated rings. The first-order valence-corrected chi connectivity index (χ1v) is 37.9. The van der Waals surface area contributed by atoms with Crippen LogP contribution in [0.5, 0.6) is 0 Å². The minimum Gasteiger partial charge on any atom is -0.394 e. The SMILES string of the molecule is CC/C=C\C/C=C\C/C=C\C/C=C\C/C=C\C/C=C\C/C=C\C/C=C\CCCCCCCCCCCCCCCCCCC(=O)NC(COC1OC(CO)C(OC2OC(CO)C(O)C(O)C2O)C(O)C1O)C(O)/C=C/CC/C=C/CC/C=C/CCCCCCCCCCCC. The van der Waals surface area contributed by atoms with Crippen LogP contribution in [0, 0.1) is 0 Å². The second kappa shape index (κ2) is 63.6. The second-order valence-electron chi connectivity index (χ2n) is 26.0. The van der Waals surface area contributed by atoms with Gasteiger partial charge in [-0.1, -0.05) is 295 Å². The summed E-state index contributed by atoms with van der Waals surface area (Å²) in [6.45, 7) is 2.67. The molecular formula is C81H137NO13. The van der Waals surface area contributed by atoms with Crippen LogP contribution >= 0.6 is 0 Å². The van der Waals surface area contributed by atoms with Crippen molar-refractivity contribution >= 4 is 5.91 Å². The van der Waals surface area contributed by atoms with Gasteiger partial charge in [-0.05, 0) is 109 Å². The van der Waals surface area contributed by atoms with E-state index in [4.69, 9.17) is 18.9 Å². The summed E-state index contributed by atoms with van der Waals surface area (Å²) in [7, 11) is 0. The zero-order valence-corrected chi connectivity index (χ0v) is 59.4. The first kappa shape index (κ1) is 87.2. The van der Waals surface area contributed by atoms with Crippen LogP contribution in [0.15, 0.2) is 134 Å². The van der Waals surface area contributed by atoms with Crippen LogP contribution in [-0.4, -0.2) is 140 Å². The molecule has 0 aromatic carbocycles. The van der Waals surface area contributed by atoms with Gasteiger partial charge in [0.25, 0.3) is 0 Å². The maximum absolute atomic E-state index is 13.3. The number of carbonyl (C=O) groups excluding carboxylic acids is 1. The molecule has 0 saturated carbocycles. The third-order valence-electron chi connectivity index (χ3n) is 17.5. The van der Waals surface area contributed by atoms with Crippen molar-refractivity contribution in [1.29, 1.82) is 0 Å². The van der Waals surface area contributed by atoms with E-state index in [1.165, 1.54) is 148 Å². The lowest BCUT2D eigenvalue weighted by Gasteiger charge is -2.46. The number of amides is 1. The summed E-state index contributed by atoms with van der Waals surface area (Å²) in [6.07, 6.45) is 78.0. The van der Waals surface area contributed by atoms with Gasteiger partial charge in [0.2, 0.25) is 5.91 Å². The molecule has 0 aromatic rings. The highest BCUT2D eigenvalue weighted by atomic mass is 16.7. The summed E-state index contributed by atoms with van der Waals surface area (Å²) in [4.78, 5) is 13.3. The number of hydrogen-bond acceptors (Lipinski definition) is 13. The average molecular weight is 1330 g/mol. The summed E-state index contributed by atoms with van der Waals surface area (Å²) >= 11 is 0. The fourth-order valence-corrected chi connectivity index (χ4v) is 11.6. The molecule has 9 N–H and O–H groups in total. The van der Waals surface area contributed by atoms with Gasteiger partial charge in [0.15, 0.2) is 12.6 Å². The Bertz CT molecular complexity index is 2110. The molecule has 0 aromatic heterocycles. The Morgan fingerprint density at radius 1 is 0.389 bits per heavy atom. The Balaban J connectivity index is 1.61. The number of unbranched alkanes of at least 4 members (excludes halogenated alkanes) is 28. The molecule has 2 saturated heterocycles. The van der Waals surface area contributed by atoms with Crippen molar-refractivity contribution < 1.29 is 64.6 Å². The van der Waals surface area contributed by atoms with Crippen LogP contribution in [0.25, 0.3) is 0 Å². The predicted molar refractivity (Wildman–Crippen MR) is 391 cm³/mol. The van der Waals surface area contributed by atoms with Crippen molar-refractivity contribution in [3.63, 3.8) is 0 Å². The minimum atomic E-state index is -1.80. The standard InChI is InChI=1S/C81H137NO13/c1-3-5-7-9-11-13-15-17-19-21-23-25-26-27-28-29-30-31-32-33-34-35-36-37-38-39-40-41-42-43-44-45-47-49-51-53-55-57-59-61-63-65-73(86)82-69(70(85)64-62-60-58-56-54-52-50-48-46-24-22-20-18-16-14-12-10-8-6-4-2)68-92-80-78(91)76(89)79(72(67-84)94-80)95-81-77(90)75(88)74(87)71(66-83)93-81/h5,7,11,13,17,19,23,25,27-28,30-31,33-34,36-37,46,48,54,56,62,64,69-72,74-81,83-85,87-91H,3-4,6,8-10,12,14-16,18,20-22,24,26,29,32,35,38-45,47,49-53,55,57-61,63,65-68H2,1-2H3,(H,82,86)/b7-5-,13-11-,19-17-,25-23-,28-27-,31-30-,34-33-,37-36-,48-46+,56-54+,64-62+. The largest absolute Gasteiger partial charge is 0.394 e. The van der Waals surface area contributed by atoms with Gasteiger partial charge in [-0.2, -0.15) is 0 Å². The van der Waals surface area contributed by atoms with E-state index in [-0.39, 0.29) is 18.9 Å². The molecule has 2 rings (SSSR count). The van der Waals surface area contributed by atoms with Crippen molar-refractivity contribution in [2.75, 3.05) is 19.8 Å². The van der Waals surface area contributed by atoms with E-state index in [1.54, 1.807) is 6.08 Å². The molecule has 2 heterocycles. The summed E-state index contributed by atoms with van der Waals surface area (Å²) in [6, 6.07) is -0.946. The van der Waals surface area contributed by atoms with E-state index in [1.807, 2.05) is 6.08 Å². The number of ether oxygens (including phenoxy) is 4. The zero-order valence-electron chi connectivity index (χ0n) is 59.4. The third kappa shape index (κ3) is 46.9. The zero-order chi connectivity index (χ0) is 68.7. The van der Waals surface area contributed by atoms with E-state index < -0.39 is 86.8 Å². The van der Waals surface area contributed by atoms with E-state index >= 15 is 0 Å². The maximum atomic E-state index is 13.3. The topological polar surface area (TPSA) is 228 Å². The van der Waals surface area contributed by atoms with Crippen LogP contribution in [0.3, 0.4) is 0 Å². The maximum Gasteiger partial charge on any atom is 0.220 e. The lowest BCUT2D eigenvalue weighted by Crippen LogP contribution is -2.65. The smallest absolute Gasteiger partial charge is 0.220 e. The molecule has 14 nitrogen and oxygen atoms in total. The van der Waals surface area contributed by atoms with Crippen molar-refractivity contribution in [1.82, 2.24) is 5.32 Å². The third-order valence-corrected chi connectivity index (χ3v) is 17.5. The summed E-state index contributed by atoms with van der Waals surface area (Å²) in [5, 5.41) is 87.5. The monoisotopic (exact) mass is 1330 g/mol. The number of allylic oxidation sites excluding steroid dienone is 21. The molecule has 2 aliphatic rings. The van der Waals surface area contributed by atoms with Gasteiger partial charge in [-0.15, -0.1) is 0 Å². The molecule has 12 atom stereocenters. The first-order chi connectivity index (χ1) is 46.6. The summed E-state index contributed by atoms with van der Waals surface area (Å²) < 4.78 is 22.8. The van der Waals surface area contributed by atoms with E-state index in [9.17, 15) is 45.6 Å². The van der Waals surface area contributed by atoms with Crippen LogP contribution in [0.2, 0.25) is 0 Å². The molecule has 12 unspecified atom stereocenters. The van der Waals surface area contributed by atoms with Crippen molar-refractivity contribution in [2.24, 2.45) is 0 Å². The molecule has 0 aliphatic carbocycles. The number of hydrogen-bond donors (Lipinski definition) is 9. The molecule has 2 aliphatic heterocycles. The molecule has 0 spiro atoms. The predicted octanol–water partition coefficient (Wildman–Crippen LogP) is 16.6. The van der Waals surface area contributed by atoms with E-state index in [2.05, 4.69) is 141 Å². The highest BCUT2D eigenvalue weighted by molar-refractivity contribution is 5.76. The van der Waals surface area contributed by atoms with E-state index in [0.717, 1.165) is 96.3 Å². The van der Waals surface area contributed by atoms with Gasteiger partial charge in [-0.25, -0.2) is 0 Å². The number of aliphatic hydroxyl groups is 8. The summed E-state index contributed by atoms with van der Waals surface area (Å²) in [5.74, 6) is -0.255. The van der Waals surface area contributed by atoms with Crippen LogP contribution in [-0.2, 0) is 23.7 Å². The Kier molecular flexibility index (Phi) is 58.4. The van der Waals surface area contributed by atoms with Gasteiger partial charge in [0.1, 0.15) is 48.8 Å². The average Bonchev–Trinajstić information content (AvgIpc) is 0.897. The quantitative estimate of drug-likeness (QED) is 0.0204. The van der Waals surface area contributed by atoms with Gasteiger partial charge in [0, 0.05) is 6.42 Å². The van der Waals surface area contributed by atoms with Crippen LogP contribution < -0.4 is 5.32 Å². The molecule has 0 radical (unpaired) electrons. The van der Waals surface area contributed by atoms with E-state index in [0.29, 0.717) is 12.8 Å². The number of aliphatic hydroxyl groups excluding tert-OH is 8. The molecule has 95 heavy (non-hydrogen) atoms. The summed E-state index contributed by atoms with van der Waals surface area (Å²) in [5.41, 5.74) is 0. The number of rotatable bonds is 61. The number of nitrogens with one attached hydrogen (secondary N) is 1. The van der Waals surface area contributed by atoms with Gasteiger partial charge in [0.05, 0.1) is 32.0 Å². The Labute approximate surface area is 577 Å². The van der Waals surface area contributed by atoms with Gasteiger partial charge >= 0.3 is 0 Å². The van der Waals surface area contributed by atoms with Gasteiger partial charge in [-0.3, -0.25) is 4.79 Å². The van der Waals surface area contributed by atoms with Gasteiger partial charge < -0.3 is 65.1 Å². The highest BCUT2D eigenvalue weighted by Gasteiger charge is 2.51. The fourth-order valence-electron chi connectivity index (χ4n) is 11.6. The van der Waals surface area contributed by atoms with Crippen molar-refractivity contribution in [3.05, 3.63) is 134 Å².